The number of carbonyl (C=O) groups excluding carboxylic acids is 1. The number of rotatable bonds is 5. The highest BCUT2D eigenvalue weighted by Crippen LogP contribution is 2.22. The van der Waals surface area contributed by atoms with Crippen LogP contribution in [0.4, 0.5) is 11.5 Å². The van der Waals surface area contributed by atoms with Gasteiger partial charge in [0, 0.05) is 13.2 Å². The van der Waals surface area contributed by atoms with E-state index in [1.54, 1.807) is 10.9 Å². The van der Waals surface area contributed by atoms with Gasteiger partial charge in [0.25, 0.3) is 5.91 Å². The van der Waals surface area contributed by atoms with Gasteiger partial charge in [-0.3, -0.25) is 24.3 Å². The lowest BCUT2D eigenvalue weighted by Gasteiger charge is -2.01. The molecule has 10 heteroatoms. The molecule has 0 atom stereocenters. The van der Waals surface area contributed by atoms with Gasteiger partial charge < -0.3 is 5.32 Å². The maximum absolute atomic E-state index is 12.3. The Labute approximate surface area is 147 Å². The van der Waals surface area contributed by atoms with Crippen molar-refractivity contribution < 1.29 is 9.72 Å². The van der Waals surface area contributed by atoms with Gasteiger partial charge in [-0.15, -0.1) is 0 Å². The molecule has 2 aromatic heterocycles. The first kappa shape index (κ1) is 16.7. The summed E-state index contributed by atoms with van der Waals surface area (Å²) in [6, 6.07) is 9.59. The van der Waals surface area contributed by atoms with Crippen LogP contribution in [0.3, 0.4) is 0 Å². The molecule has 128 valence electrons. The smallest absolute Gasteiger partial charge is 0.302 e. The number of hydrogen-bond donors (Lipinski definition) is 1. The third kappa shape index (κ3) is 3.66. The number of nitrogens with zero attached hydrogens (tertiary/aromatic N) is 5. The van der Waals surface area contributed by atoms with E-state index in [0.717, 1.165) is 11.8 Å². The molecule has 0 aliphatic rings. The van der Waals surface area contributed by atoms with Crippen LogP contribution in [0.2, 0.25) is 5.02 Å². The van der Waals surface area contributed by atoms with E-state index in [-0.39, 0.29) is 22.2 Å². The third-order valence-electron chi connectivity index (χ3n) is 3.36. The zero-order valence-electron chi connectivity index (χ0n) is 13.1. The molecule has 0 fully saturated rings. The molecule has 3 rings (SSSR count). The number of aromatic nitrogens is 4. The van der Waals surface area contributed by atoms with Crippen LogP contribution in [0, 0.1) is 10.1 Å². The van der Waals surface area contributed by atoms with E-state index < -0.39 is 10.8 Å². The molecule has 1 aromatic carbocycles. The van der Waals surface area contributed by atoms with Crippen LogP contribution >= 0.6 is 11.6 Å². The lowest BCUT2D eigenvalue weighted by atomic mass is 10.2. The molecule has 3 aromatic rings. The van der Waals surface area contributed by atoms with Crippen LogP contribution in [-0.2, 0) is 13.6 Å². The molecule has 0 unspecified atom stereocenters. The number of benzene rings is 1. The van der Waals surface area contributed by atoms with E-state index in [4.69, 9.17) is 11.6 Å². The minimum absolute atomic E-state index is 0.113. The van der Waals surface area contributed by atoms with Crippen molar-refractivity contribution in [3.63, 3.8) is 0 Å². The van der Waals surface area contributed by atoms with Gasteiger partial charge >= 0.3 is 5.69 Å². The monoisotopic (exact) mass is 360 g/mol. The van der Waals surface area contributed by atoms with E-state index in [1.807, 2.05) is 30.3 Å². The summed E-state index contributed by atoms with van der Waals surface area (Å²) in [4.78, 5) is 22.6. The molecule has 0 radical (unpaired) electrons. The van der Waals surface area contributed by atoms with Crippen molar-refractivity contribution in [2.24, 2.45) is 7.05 Å². The van der Waals surface area contributed by atoms with Gasteiger partial charge in [-0.1, -0.05) is 41.9 Å². The lowest BCUT2D eigenvalue weighted by molar-refractivity contribution is -0.385. The summed E-state index contributed by atoms with van der Waals surface area (Å²) in [5, 5.41) is 21.7. The fraction of sp³-hybridized carbons (Fsp3) is 0.133. The zero-order valence-corrected chi connectivity index (χ0v) is 13.8. The Balaban J connectivity index is 1.79. The van der Waals surface area contributed by atoms with Crippen LogP contribution < -0.4 is 5.32 Å². The first-order valence-electron chi connectivity index (χ1n) is 7.20. The van der Waals surface area contributed by atoms with Gasteiger partial charge in [-0.25, -0.2) is 0 Å². The van der Waals surface area contributed by atoms with Gasteiger partial charge in [-0.2, -0.15) is 10.2 Å². The summed E-state index contributed by atoms with van der Waals surface area (Å²) < 4.78 is 2.77. The van der Waals surface area contributed by atoms with Crippen molar-refractivity contribution in [2.75, 3.05) is 5.32 Å². The quantitative estimate of drug-likeness (QED) is 0.555. The Hall–Kier alpha value is -3.20. The number of amides is 1. The number of aryl methyl sites for hydroxylation is 1. The van der Waals surface area contributed by atoms with Crippen LogP contribution in [0.1, 0.15) is 16.1 Å². The van der Waals surface area contributed by atoms with Crippen molar-refractivity contribution in [1.29, 1.82) is 0 Å². The minimum atomic E-state index is -0.751. The molecule has 0 saturated heterocycles. The lowest BCUT2D eigenvalue weighted by Crippen LogP contribution is -2.15. The van der Waals surface area contributed by atoms with Crippen molar-refractivity contribution in [3.05, 3.63) is 69.1 Å². The molecule has 1 amide bonds. The summed E-state index contributed by atoms with van der Waals surface area (Å²) >= 11 is 6.09. The Morgan fingerprint density at radius 3 is 2.68 bits per heavy atom. The van der Waals surface area contributed by atoms with E-state index in [0.29, 0.717) is 6.54 Å². The van der Waals surface area contributed by atoms with Crippen molar-refractivity contribution in [1.82, 2.24) is 19.6 Å². The van der Waals surface area contributed by atoms with Crippen LogP contribution in [0.25, 0.3) is 0 Å². The maximum Gasteiger partial charge on any atom is 0.320 e. The van der Waals surface area contributed by atoms with Crippen molar-refractivity contribution in [2.45, 2.75) is 6.54 Å². The fourth-order valence-electron chi connectivity index (χ4n) is 2.27. The normalized spacial score (nSPS) is 10.6. The summed E-state index contributed by atoms with van der Waals surface area (Å²) in [6.07, 6.45) is 2.72. The maximum atomic E-state index is 12.3. The molecule has 2 heterocycles. The highest BCUT2D eigenvalue weighted by Gasteiger charge is 2.26. The van der Waals surface area contributed by atoms with E-state index in [2.05, 4.69) is 15.5 Å². The van der Waals surface area contributed by atoms with E-state index in [1.165, 1.54) is 11.7 Å². The average Bonchev–Trinajstić information content (AvgIpc) is 3.12. The minimum Gasteiger partial charge on any atom is -0.302 e. The molecule has 0 spiro atoms. The molecule has 9 nitrogen and oxygen atoms in total. The molecule has 0 aliphatic heterocycles. The van der Waals surface area contributed by atoms with Gasteiger partial charge in [0.2, 0.25) is 5.69 Å². The zero-order chi connectivity index (χ0) is 18.0. The van der Waals surface area contributed by atoms with Crippen LogP contribution in [0.5, 0.6) is 0 Å². The number of hydrogen-bond acceptors (Lipinski definition) is 5. The average molecular weight is 361 g/mol. The largest absolute Gasteiger partial charge is 0.320 e. The van der Waals surface area contributed by atoms with Crippen LogP contribution in [-0.4, -0.2) is 30.4 Å². The molecule has 0 saturated carbocycles. The highest BCUT2D eigenvalue weighted by molar-refractivity contribution is 6.33. The number of nitro groups is 1. The predicted molar refractivity (Wildman–Crippen MR) is 90.6 cm³/mol. The van der Waals surface area contributed by atoms with E-state index >= 15 is 0 Å². The van der Waals surface area contributed by atoms with E-state index in [9.17, 15) is 14.9 Å². The molecule has 0 bridgehead atoms. The number of halogens is 1. The van der Waals surface area contributed by atoms with Gasteiger partial charge in [0.05, 0.1) is 11.5 Å². The molecule has 0 aliphatic carbocycles. The summed E-state index contributed by atoms with van der Waals surface area (Å²) in [5.41, 5.74) is 0.320. The summed E-state index contributed by atoms with van der Waals surface area (Å²) in [6.45, 7) is 0.472. The van der Waals surface area contributed by atoms with Crippen molar-refractivity contribution >= 4 is 29.0 Å². The van der Waals surface area contributed by atoms with Gasteiger partial charge in [0.15, 0.2) is 5.82 Å². The number of anilines is 1. The standard InChI is InChI=1S/C15H13ClN6O3/c1-20-9-12(22(24)25)13(18-20)15(23)17-14-11(16)8-21(19-14)7-10-5-3-2-4-6-10/h2-6,8-9H,7H2,1H3,(H,17,19,23). The van der Waals surface area contributed by atoms with Gasteiger partial charge in [0.1, 0.15) is 11.2 Å². The number of nitrogens with one attached hydrogen (secondary N) is 1. The van der Waals surface area contributed by atoms with Crippen LogP contribution in [0.15, 0.2) is 42.7 Å². The number of carbonyl (C=O) groups is 1. The first-order chi connectivity index (χ1) is 11.9. The van der Waals surface area contributed by atoms with Gasteiger partial charge in [-0.05, 0) is 5.56 Å². The SMILES string of the molecule is Cn1cc([N+](=O)[O-])c(C(=O)Nc2nn(Cc3ccccc3)cc2Cl)n1. The Morgan fingerprint density at radius 2 is 2.00 bits per heavy atom. The second kappa shape index (κ2) is 6.73. The molecular weight excluding hydrogens is 348 g/mol. The molecule has 25 heavy (non-hydrogen) atoms. The molecular formula is C15H13ClN6O3. The van der Waals surface area contributed by atoms with Crippen molar-refractivity contribution in [3.8, 4) is 0 Å². The third-order valence-corrected chi connectivity index (χ3v) is 3.63. The first-order valence-corrected chi connectivity index (χ1v) is 7.58. The molecule has 1 N–H and O–H groups in total. The second-order valence-corrected chi connectivity index (χ2v) is 5.66. The predicted octanol–water partition coefficient (Wildman–Crippen LogP) is 2.48. The Morgan fingerprint density at radius 1 is 1.28 bits per heavy atom. The second-order valence-electron chi connectivity index (χ2n) is 5.26. The summed E-state index contributed by atoms with van der Waals surface area (Å²) in [5.74, 6) is -0.637. The Bertz CT molecular complexity index is 934. The summed E-state index contributed by atoms with van der Waals surface area (Å²) in [7, 11) is 1.49. The fourth-order valence-corrected chi connectivity index (χ4v) is 2.47. The highest BCUT2D eigenvalue weighted by atomic mass is 35.5. The topological polar surface area (TPSA) is 108 Å². The Kier molecular flexibility index (Phi) is 4.48.